The van der Waals surface area contributed by atoms with E-state index in [-0.39, 0.29) is 5.79 Å². The minimum Gasteiger partial charge on any atom is -0.350 e. The molecule has 0 aliphatic carbocycles. The molecule has 268 valence electrons. The Morgan fingerprint density at radius 1 is 0.522 bits per heavy atom. The quantitative estimate of drug-likeness (QED) is 0.0539. The molecule has 0 bridgehead atoms. The van der Waals surface area contributed by atoms with Crippen molar-refractivity contribution in [2.24, 2.45) is 0 Å². The lowest BCUT2D eigenvalue weighted by molar-refractivity contribution is -0.301. The Hall–Kier alpha value is -1.16. The SMILES string of the molecule is CCCCC/C=C\C/C=C\CCCCCCCCC1(CCCCCCCC/C=C\C/C=C\CCCCC)OCCC(CN(C)C)O1. The van der Waals surface area contributed by atoms with Gasteiger partial charge in [-0.05, 0) is 97.6 Å². The van der Waals surface area contributed by atoms with Crippen molar-refractivity contribution in [1.29, 1.82) is 0 Å². The second-order valence-electron chi connectivity index (χ2n) is 14.2. The Morgan fingerprint density at radius 3 is 1.33 bits per heavy atom. The first-order chi connectivity index (χ1) is 22.6. The van der Waals surface area contributed by atoms with Crippen LogP contribution in [0.4, 0.5) is 0 Å². The van der Waals surface area contributed by atoms with Gasteiger partial charge < -0.3 is 14.4 Å². The molecule has 1 atom stereocenters. The molecule has 0 amide bonds. The van der Waals surface area contributed by atoms with Crippen molar-refractivity contribution >= 4 is 0 Å². The third-order valence-corrected chi connectivity index (χ3v) is 9.27. The minimum absolute atomic E-state index is 0.304. The van der Waals surface area contributed by atoms with E-state index in [4.69, 9.17) is 9.47 Å². The molecule has 1 unspecified atom stereocenters. The van der Waals surface area contributed by atoms with Crippen LogP contribution >= 0.6 is 0 Å². The number of likely N-dealkylation sites (N-methyl/N-ethyl adjacent to an activating group) is 1. The fraction of sp³-hybridized carbons (Fsp3) is 0.814. The molecule has 0 saturated carbocycles. The van der Waals surface area contributed by atoms with E-state index < -0.39 is 0 Å². The zero-order valence-electron chi connectivity index (χ0n) is 31.5. The highest BCUT2D eigenvalue weighted by Gasteiger charge is 2.37. The van der Waals surface area contributed by atoms with E-state index in [1.807, 2.05) is 0 Å². The second-order valence-corrected chi connectivity index (χ2v) is 14.2. The highest BCUT2D eigenvalue weighted by Crippen LogP contribution is 2.34. The van der Waals surface area contributed by atoms with Gasteiger partial charge >= 0.3 is 0 Å². The van der Waals surface area contributed by atoms with Crippen molar-refractivity contribution < 1.29 is 9.47 Å². The average molecular weight is 642 g/mol. The summed E-state index contributed by atoms with van der Waals surface area (Å²) in [5.74, 6) is -0.344. The molecule has 0 aromatic heterocycles. The zero-order chi connectivity index (χ0) is 33.2. The van der Waals surface area contributed by atoms with Crippen molar-refractivity contribution in [1.82, 2.24) is 4.90 Å². The summed E-state index contributed by atoms with van der Waals surface area (Å²) >= 11 is 0. The zero-order valence-corrected chi connectivity index (χ0v) is 31.5. The van der Waals surface area contributed by atoms with Crippen LogP contribution in [0.25, 0.3) is 0 Å². The van der Waals surface area contributed by atoms with Crippen LogP contribution in [0.1, 0.15) is 187 Å². The van der Waals surface area contributed by atoms with Crippen LogP contribution in [-0.2, 0) is 9.47 Å². The van der Waals surface area contributed by atoms with Crippen molar-refractivity contribution in [2.45, 2.75) is 199 Å². The van der Waals surface area contributed by atoms with Crippen molar-refractivity contribution in [3.05, 3.63) is 48.6 Å². The number of ether oxygens (including phenoxy) is 2. The molecule has 0 radical (unpaired) electrons. The minimum atomic E-state index is -0.344. The first-order valence-electron chi connectivity index (χ1n) is 20.2. The highest BCUT2D eigenvalue weighted by molar-refractivity contribution is 4.93. The maximum atomic E-state index is 6.74. The molecule has 46 heavy (non-hydrogen) atoms. The van der Waals surface area contributed by atoms with E-state index in [2.05, 4.69) is 81.5 Å². The molecule has 1 rings (SSSR count). The fourth-order valence-corrected chi connectivity index (χ4v) is 6.46. The predicted molar refractivity (Wildman–Crippen MR) is 205 cm³/mol. The van der Waals surface area contributed by atoms with Crippen molar-refractivity contribution in [3.8, 4) is 0 Å². The van der Waals surface area contributed by atoms with Crippen LogP contribution in [0.3, 0.4) is 0 Å². The maximum Gasteiger partial charge on any atom is 0.168 e. The average Bonchev–Trinajstić information content (AvgIpc) is 3.04. The molecule has 1 aliphatic rings. The van der Waals surface area contributed by atoms with Gasteiger partial charge in [-0.3, -0.25) is 0 Å². The Morgan fingerprint density at radius 2 is 0.913 bits per heavy atom. The number of hydrogen-bond acceptors (Lipinski definition) is 3. The third kappa shape index (κ3) is 26.9. The molecular weight excluding hydrogens is 562 g/mol. The lowest BCUT2D eigenvalue weighted by Gasteiger charge is -2.42. The lowest BCUT2D eigenvalue weighted by Crippen LogP contribution is -2.47. The number of rotatable bonds is 32. The van der Waals surface area contributed by atoms with E-state index in [1.165, 1.54) is 141 Å². The monoisotopic (exact) mass is 642 g/mol. The van der Waals surface area contributed by atoms with Gasteiger partial charge in [0.1, 0.15) is 0 Å². The Kier molecular flexibility index (Phi) is 30.2. The number of unbranched alkanes of at least 4 members (excludes halogenated alkanes) is 18. The van der Waals surface area contributed by atoms with Crippen LogP contribution in [-0.4, -0.2) is 44.0 Å². The van der Waals surface area contributed by atoms with Gasteiger partial charge in [-0.15, -0.1) is 0 Å². The Balaban J connectivity index is 2.19. The second kappa shape index (κ2) is 32.4. The first-order valence-corrected chi connectivity index (χ1v) is 20.2. The molecule has 1 saturated heterocycles. The molecule has 0 N–H and O–H groups in total. The number of hydrogen-bond donors (Lipinski definition) is 0. The number of allylic oxidation sites excluding steroid dienone is 8. The highest BCUT2D eigenvalue weighted by atomic mass is 16.7. The number of nitrogens with zero attached hydrogens (tertiary/aromatic N) is 1. The van der Waals surface area contributed by atoms with Crippen LogP contribution < -0.4 is 0 Å². The molecule has 1 heterocycles. The smallest absolute Gasteiger partial charge is 0.168 e. The standard InChI is InChI=1S/C43H79NO2/c1-5-7-9-11-13-15-17-19-21-23-25-27-29-31-33-35-38-43(45-40-37-42(46-43)41-44(3)4)39-36-34-32-30-28-26-24-22-20-18-16-14-12-10-8-6-2/h13-16,19-22,42H,5-12,17-18,23-41H2,1-4H3/b15-13-,16-14-,21-19-,22-20-. The molecule has 1 fully saturated rings. The molecule has 3 nitrogen and oxygen atoms in total. The van der Waals surface area contributed by atoms with E-state index in [9.17, 15) is 0 Å². The van der Waals surface area contributed by atoms with Crippen molar-refractivity contribution in [3.63, 3.8) is 0 Å². The van der Waals surface area contributed by atoms with Gasteiger partial charge in [0.2, 0.25) is 0 Å². The van der Waals surface area contributed by atoms with Crippen molar-refractivity contribution in [2.75, 3.05) is 27.2 Å². The largest absolute Gasteiger partial charge is 0.350 e. The molecule has 1 aliphatic heterocycles. The summed E-state index contributed by atoms with van der Waals surface area (Å²) < 4.78 is 13.2. The van der Waals surface area contributed by atoms with Crippen LogP contribution in [0, 0.1) is 0 Å². The van der Waals surface area contributed by atoms with Crippen LogP contribution in [0.5, 0.6) is 0 Å². The normalized spacial score (nSPS) is 17.2. The Bertz CT molecular complexity index is 704. The molecule has 0 aromatic carbocycles. The summed E-state index contributed by atoms with van der Waals surface area (Å²) in [4.78, 5) is 2.27. The van der Waals surface area contributed by atoms with Gasteiger partial charge in [-0.2, -0.15) is 0 Å². The van der Waals surface area contributed by atoms with Gasteiger partial charge in [0, 0.05) is 19.4 Å². The lowest BCUT2D eigenvalue weighted by atomic mass is 9.97. The maximum absolute atomic E-state index is 6.74. The summed E-state index contributed by atoms with van der Waals surface area (Å²) in [5.41, 5.74) is 0. The van der Waals surface area contributed by atoms with E-state index in [0.29, 0.717) is 6.10 Å². The van der Waals surface area contributed by atoms with Gasteiger partial charge in [0.25, 0.3) is 0 Å². The summed E-state index contributed by atoms with van der Waals surface area (Å²) in [6.45, 7) is 6.39. The third-order valence-electron chi connectivity index (χ3n) is 9.27. The van der Waals surface area contributed by atoms with Gasteiger partial charge in [0.05, 0.1) is 12.7 Å². The van der Waals surface area contributed by atoms with E-state index in [1.54, 1.807) is 0 Å². The molecule has 0 aromatic rings. The first kappa shape index (κ1) is 42.9. The summed E-state index contributed by atoms with van der Waals surface area (Å²) in [7, 11) is 4.32. The topological polar surface area (TPSA) is 21.7 Å². The molecular formula is C43H79NO2. The van der Waals surface area contributed by atoms with E-state index in [0.717, 1.165) is 45.3 Å². The van der Waals surface area contributed by atoms with Gasteiger partial charge in [-0.1, -0.05) is 140 Å². The fourth-order valence-electron chi connectivity index (χ4n) is 6.46. The summed E-state index contributed by atoms with van der Waals surface area (Å²) in [6.07, 6.45) is 53.3. The van der Waals surface area contributed by atoms with E-state index >= 15 is 0 Å². The van der Waals surface area contributed by atoms with Gasteiger partial charge in [0.15, 0.2) is 5.79 Å². The molecule has 3 heteroatoms. The van der Waals surface area contributed by atoms with Crippen LogP contribution in [0.2, 0.25) is 0 Å². The molecule has 0 spiro atoms. The summed E-state index contributed by atoms with van der Waals surface area (Å²) in [6, 6.07) is 0. The predicted octanol–water partition coefficient (Wildman–Crippen LogP) is 13.5. The summed E-state index contributed by atoms with van der Waals surface area (Å²) in [5, 5.41) is 0. The van der Waals surface area contributed by atoms with Crippen LogP contribution in [0.15, 0.2) is 48.6 Å². The Labute approximate surface area is 288 Å². The van der Waals surface area contributed by atoms with Gasteiger partial charge in [-0.25, -0.2) is 0 Å².